The standard InChI is InChI=1S/C42H36N2/c1-4-6-9-22-40-39-30-36(25-28-41(39)44(40)38-20-12-8-13-21-38)35(16-5-2)31-42-32(3)17-14-15-29-43(42)37-26-23-34(24-27-37)33-18-10-7-11-19-33/h4-31H,3H2,1-2H3/q+2/b6-4-,16-5-,22-9-,35-31+. The van der Waals surface area contributed by atoms with Gasteiger partial charge in [-0.05, 0) is 66.5 Å². The van der Waals surface area contributed by atoms with E-state index in [4.69, 9.17) is 0 Å². The fourth-order valence-electron chi connectivity index (χ4n) is 5.61. The zero-order valence-corrected chi connectivity index (χ0v) is 25.3. The molecule has 0 spiro atoms. The maximum atomic E-state index is 4.44. The molecule has 2 aliphatic heterocycles. The largest absolute Gasteiger partial charge is 0.225 e. The minimum Gasteiger partial charge on any atom is -0.160 e. The average molecular weight is 569 g/mol. The van der Waals surface area contributed by atoms with Gasteiger partial charge in [-0.3, -0.25) is 0 Å². The summed E-state index contributed by atoms with van der Waals surface area (Å²) in [5, 5.41) is 0. The highest BCUT2D eigenvalue weighted by atomic mass is 15.1. The van der Waals surface area contributed by atoms with Gasteiger partial charge in [0.05, 0.1) is 0 Å². The van der Waals surface area contributed by atoms with Gasteiger partial charge in [-0.1, -0.05) is 91.6 Å². The molecule has 4 aromatic carbocycles. The summed E-state index contributed by atoms with van der Waals surface area (Å²) in [6, 6.07) is 36.5. The van der Waals surface area contributed by atoms with Gasteiger partial charge in [0.25, 0.3) is 0 Å². The lowest BCUT2D eigenvalue weighted by Gasteiger charge is -2.19. The van der Waals surface area contributed by atoms with Gasteiger partial charge in [-0.15, -0.1) is 0 Å². The van der Waals surface area contributed by atoms with Crippen LogP contribution in [0, 0.1) is 0 Å². The summed E-state index contributed by atoms with van der Waals surface area (Å²) in [5.41, 5.74) is 12.5. The minimum absolute atomic E-state index is 0.949. The van der Waals surface area contributed by atoms with Gasteiger partial charge >= 0.3 is 0 Å². The Kier molecular flexibility index (Phi) is 8.52. The second-order valence-electron chi connectivity index (χ2n) is 10.7. The van der Waals surface area contributed by atoms with E-state index in [9.17, 15) is 0 Å². The summed E-state index contributed by atoms with van der Waals surface area (Å²) in [6.45, 7) is 8.55. The molecule has 0 atom stereocenters. The average Bonchev–Trinajstić information content (AvgIpc) is 3.25. The molecule has 2 aliphatic rings. The van der Waals surface area contributed by atoms with Crippen LogP contribution in [-0.4, -0.2) is 16.0 Å². The molecule has 0 N–H and O–H groups in total. The van der Waals surface area contributed by atoms with E-state index in [1.165, 1.54) is 28.1 Å². The molecular formula is C42H36N2+2. The van der Waals surface area contributed by atoms with Crippen molar-refractivity contribution >= 4 is 34.1 Å². The van der Waals surface area contributed by atoms with Crippen molar-refractivity contribution in [2.45, 2.75) is 13.8 Å². The predicted molar refractivity (Wildman–Crippen MR) is 189 cm³/mol. The zero-order chi connectivity index (χ0) is 30.3. The lowest BCUT2D eigenvalue weighted by molar-refractivity contribution is -0.358. The molecule has 2 heteroatoms. The molecule has 4 aromatic rings. The van der Waals surface area contributed by atoms with E-state index in [2.05, 4.69) is 175 Å². The maximum absolute atomic E-state index is 4.44. The van der Waals surface area contributed by atoms with Gasteiger partial charge in [-0.25, -0.2) is 0 Å². The second kappa shape index (κ2) is 13.1. The Morgan fingerprint density at radius 2 is 1.41 bits per heavy atom. The molecule has 0 radical (unpaired) electrons. The van der Waals surface area contributed by atoms with Gasteiger partial charge in [-0.2, -0.15) is 9.15 Å². The number of allylic oxidation sites excluding steroid dienone is 12. The first-order valence-corrected chi connectivity index (χ1v) is 15.0. The molecule has 0 fully saturated rings. The number of hydrogen-bond acceptors (Lipinski definition) is 0. The van der Waals surface area contributed by atoms with Crippen LogP contribution in [0.5, 0.6) is 0 Å². The van der Waals surface area contributed by atoms with Crippen LogP contribution in [0.25, 0.3) is 16.7 Å². The normalized spacial score (nSPS) is 15.0. The molecule has 2 heterocycles. The Hall–Kier alpha value is -5.60. The fourth-order valence-corrected chi connectivity index (χ4v) is 5.61. The Morgan fingerprint density at radius 1 is 0.682 bits per heavy atom. The molecule has 0 saturated heterocycles. The molecule has 212 valence electrons. The van der Waals surface area contributed by atoms with Gasteiger partial charge in [0.2, 0.25) is 28.5 Å². The van der Waals surface area contributed by atoms with Crippen molar-refractivity contribution in [2.75, 3.05) is 0 Å². The number of benzene rings is 4. The second-order valence-corrected chi connectivity index (χ2v) is 10.7. The number of nitrogens with zero attached hydrogens (tertiary/aromatic N) is 2. The number of hydrogen-bond donors (Lipinski definition) is 0. The molecule has 0 saturated carbocycles. The van der Waals surface area contributed by atoms with Gasteiger partial charge in [0.1, 0.15) is 5.56 Å². The van der Waals surface area contributed by atoms with Crippen molar-refractivity contribution in [3.05, 3.63) is 193 Å². The van der Waals surface area contributed by atoms with Gasteiger partial charge in [0, 0.05) is 54.1 Å². The Bertz CT molecular complexity index is 1940. The van der Waals surface area contributed by atoms with E-state index in [1.54, 1.807) is 0 Å². The van der Waals surface area contributed by atoms with Crippen LogP contribution in [0.15, 0.2) is 182 Å². The summed E-state index contributed by atoms with van der Waals surface area (Å²) < 4.78 is 4.53. The summed E-state index contributed by atoms with van der Waals surface area (Å²) >= 11 is 0. The van der Waals surface area contributed by atoms with Crippen LogP contribution in [0.4, 0.5) is 17.1 Å². The van der Waals surface area contributed by atoms with E-state index in [1.807, 2.05) is 25.1 Å². The zero-order valence-electron chi connectivity index (χ0n) is 25.3. The van der Waals surface area contributed by atoms with E-state index in [-0.39, 0.29) is 0 Å². The SMILES string of the molecule is C=C1C=CC=C[N+](c2ccc(-c3ccccc3)cc2)=C1/C=C(\C=C/C)c1ccc2c(c1)C(/C=C\C=C/C)=[N+]2c1ccccc1. The van der Waals surface area contributed by atoms with Crippen LogP contribution >= 0.6 is 0 Å². The fraction of sp³-hybridized carbons (Fsp3) is 0.0476. The quantitative estimate of drug-likeness (QED) is 0.147. The molecule has 0 unspecified atom stereocenters. The number of rotatable bonds is 8. The van der Waals surface area contributed by atoms with Crippen molar-refractivity contribution in [2.24, 2.45) is 0 Å². The van der Waals surface area contributed by atoms with Crippen molar-refractivity contribution in [1.82, 2.24) is 4.58 Å². The highest BCUT2D eigenvalue weighted by Gasteiger charge is 2.36. The van der Waals surface area contributed by atoms with Crippen LogP contribution in [0.2, 0.25) is 0 Å². The lowest BCUT2D eigenvalue weighted by Crippen LogP contribution is -2.27. The molecule has 44 heavy (non-hydrogen) atoms. The number of fused-ring (bicyclic) bond motifs is 1. The highest BCUT2D eigenvalue weighted by Crippen LogP contribution is 2.36. The minimum atomic E-state index is 0.949. The lowest BCUT2D eigenvalue weighted by atomic mass is 9.92. The van der Waals surface area contributed by atoms with E-state index >= 15 is 0 Å². The molecular weight excluding hydrogens is 532 g/mol. The van der Waals surface area contributed by atoms with E-state index in [0.717, 1.165) is 33.8 Å². The third-order valence-electron chi connectivity index (χ3n) is 7.78. The van der Waals surface area contributed by atoms with Crippen LogP contribution < -0.4 is 4.58 Å². The molecule has 0 aliphatic carbocycles. The molecule has 6 rings (SSSR count). The first kappa shape index (κ1) is 28.5. The summed E-state index contributed by atoms with van der Waals surface area (Å²) in [6.07, 6.45) is 23.2. The molecule has 2 nitrogen and oxygen atoms in total. The van der Waals surface area contributed by atoms with Crippen LogP contribution in [0.1, 0.15) is 25.0 Å². The molecule has 0 amide bonds. The topological polar surface area (TPSA) is 6.02 Å². The Labute approximate surface area is 261 Å². The summed E-state index contributed by atoms with van der Waals surface area (Å²) in [7, 11) is 0. The predicted octanol–water partition coefficient (Wildman–Crippen LogP) is 10.5. The van der Waals surface area contributed by atoms with Gasteiger partial charge < -0.3 is 0 Å². The first-order chi connectivity index (χ1) is 21.7. The van der Waals surface area contributed by atoms with Crippen molar-refractivity contribution in [3.8, 4) is 11.1 Å². The van der Waals surface area contributed by atoms with Crippen molar-refractivity contribution in [1.29, 1.82) is 0 Å². The first-order valence-electron chi connectivity index (χ1n) is 15.0. The molecule has 0 bridgehead atoms. The van der Waals surface area contributed by atoms with Gasteiger partial charge in [0.15, 0.2) is 6.20 Å². The van der Waals surface area contributed by atoms with E-state index in [0.29, 0.717) is 0 Å². The summed E-state index contributed by atoms with van der Waals surface area (Å²) in [5.74, 6) is 0. The Balaban J connectivity index is 1.43. The van der Waals surface area contributed by atoms with Crippen molar-refractivity contribution < 1.29 is 4.58 Å². The monoisotopic (exact) mass is 568 g/mol. The highest BCUT2D eigenvalue weighted by molar-refractivity contribution is 6.21. The number of para-hydroxylation sites is 1. The third kappa shape index (κ3) is 5.84. The summed E-state index contributed by atoms with van der Waals surface area (Å²) in [4.78, 5) is 0. The van der Waals surface area contributed by atoms with E-state index < -0.39 is 0 Å². The third-order valence-corrected chi connectivity index (χ3v) is 7.78. The van der Waals surface area contributed by atoms with Crippen LogP contribution in [0.3, 0.4) is 0 Å². The maximum Gasteiger partial charge on any atom is 0.225 e. The smallest absolute Gasteiger partial charge is 0.160 e. The van der Waals surface area contributed by atoms with Crippen LogP contribution in [-0.2, 0) is 0 Å². The Morgan fingerprint density at radius 3 is 2.14 bits per heavy atom. The molecule has 0 aromatic heterocycles. The van der Waals surface area contributed by atoms with Crippen molar-refractivity contribution in [3.63, 3.8) is 0 Å².